The van der Waals surface area contributed by atoms with Crippen molar-refractivity contribution in [3.8, 4) is 0 Å². The number of Topliss-reactive ketones (excluding diaryl/α,β-unsaturated/α-hetero) is 1. The van der Waals surface area contributed by atoms with Gasteiger partial charge in [0, 0.05) is 24.1 Å². The Morgan fingerprint density at radius 1 is 1.33 bits per heavy atom. The molecular formula is C14H16N2OS. The van der Waals surface area contributed by atoms with E-state index in [2.05, 4.69) is 5.10 Å². The van der Waals surface area contributed by atoms with Gasteiger partial charge in [0.2, 0.25) is 0 Å². The van der Waals surface area contributed by atoms with E-state index in [0.29, 0.717) is 12.2 Å². The van der Waals surface area contributed by atoms with Crippen LogP contribution in [0.15, 0.2) is 47.6 Å². The van der Waals surface area contributed by atoms with Gasteiger partial charge in [-0.1, -0.05) is 18.2 Å². The zero-order valence-corrected chi connectivity index (χ0v) is 11.2. The molecule has 0 amide bonds. The zero-order chi connectivity index (χ0) is 12.8. The molecule has 0 spiro atoms. The molecule has 0 unspecified atom stereocenters. The SMILES string of the molecule is CCn1cc(CC(=O)CSc2ccccc2)cn1. The van der Waals surface area contributed by atoms with Crippen molar-refractivity contribution in [3.63, 3.8) is 0 Å². The van der Waals surface area contributed by atoms with E-state index in [1.54, 1.807) is 18.0 Å². The molecule has 0 atom stereocenters. The van der Waals surface area contributed by atoms with Crippen molar-refractivity contribution < 1.29 is 4.79 Å². The molecule has 1 heterocycles. The standard InChI is InChI=1S/C14H16N2OS/c1-2-16-10-12(9-15-16)8-13(17)11-18-14-6-4-3-5-7-14/h3-7,9-10H,2,8,11H2,1H3. The van der Waals surface area contributed by atoms with Crippen molar-refractivity contribution in [2.24, 2.45) is 0 Å². The number of nitrogens with zero attached hydrogens (tertiary/aromatic N) is 2. The van der Waals surface area contributed by atoms with Gasteiger partial charge in [0.15, 0.2) is 0 Å². The third kappa shape index (κ3) is 3.74. The van der Waals surface area contributed by atoms with Gasteiger partial charge in [-0.2, -0.15) is 5.10 Å². The van der Waals surface area contributed by atoms with E-state index in [-0.39, 0.29) is 5.78 Å². The van der Waals surface area contributed by atoms with Crippen LogP contribution in [0.5, 0.6) is 0 Å². The molecule has 18 heavy (non-hydrogen) atoms. The first-order valence-corrected chi connectivity index (χ1v) is 6.97. The summed E-state index contributed by atoms with van der Waals surface area (Å²) in [4.78, 5) is 13.0. The van der Waals surface area contributed by atoms with E-state index >= 15 is 0 Å². The van der Waals surface area contributed by atoms with Gasteiger partial charge in [-0.25, -0.2) is 0 Å². The van der Waals surface area contributed by atoms with Crippen LogP contribution in [0.1, 0.15) is 12.5 Å². The average Bonchev–Trinajstić information content (AvgIpc) is 2.85. The van der Waals surface area contributed by atoms with Crippen molar-refractivity contribution >= 4 is 17.5 Å². The molecule has 0 saturated heterocycles. The monoisotopic (exact) mass is 260 g/mol. The molecule has 0 radical (unpaired) electrons. The normalized spacial score (nSPS) is 10.5. The molecule has 0 aliphatic heterocycles. The van der Waals surface area contributed by atoms with Crippen LogP contribution in [0.2, 0.25) is 0 Å². The van der Waals surface area contributed by atoms with E-state index in [1.165, 1.54) is 0 Å². The minimum atomic E-state index is 0.236. The van der Waals surface area contributed by atoms with Crippen molar-refractivity contribution in [1.29, 1.82) is 0 Å². The zero-order valence-electron chi connectivity index (χ0n) is 10.4. The number of aryl methyl sites for hydroxylation is 1. The Morgan fingerprint density at radius 3 is 2.78 bits per heavy atom. The first-order chi connectivity index (χ1) is 8.78. The summed E-state index contributed by atoms with van der Waals surface area (Å²) in [5.41, 5.74) is 0.996. The van der Waals surface area contributed by atoms with Gasteiger partial charge in [-0.3, -0.25) is 9.48 Å². The highest BCUT2D eigenvalue weighted by Gasteiger charge is 2.06. The number of hydrogen-bond acceptors (Lipinski definition) is 3. The van der Waals surface area contributed by atoms with Crippen molar-refractivity contribution in [2.45, 2.75) is 24.8 Å². The lowest BCUT2D eigenvalue weighted by atomic mass is 10.2. The van der Waals surface area contributed by atoms with Crippen molar-refractivity contribution in [1.82, 2.24) is 9.78 Å². The molecule has 0 fully saturated rings. The van der Waals surface area contributed by atoms with Gasteiger partial charge < -0.3 is 0 Å². The fourth-order valence-electron chi connectivity index (χ4n) is 1.63. The fraction of sp³-hybridized carbons (Fsp3) is 0.286. The summed E-state index contributed by atoms with van der Waals surface area (Å²) in [6.07, 6.45) is 4.18. The van der Waals surface area contributed by atoms with Crippen LogP contribution in [-0.4, -0.2) is 21.3 Å². The molecule has 94 valence electrons. The number of hydrogen-bond donors (Lipinski definition) is 0. The second kappa shape index (κ2) is 6.40. The molecule has 0 bridgehead atoms. The molecule has 0 saturated carbocycles. The molecule has 0 aliphatic rings. The van der Waals surface area contributed by atoms with E-state index in [0.717, 1.165) is 17.0 Å². The van der Waals surface area contributed by atoms with Crippen LogP contribution in [0.3, 0.4) is 0 Å². The molecule has 2 rings (SSSR count). The maximum Gasteiger partial charge on any atom is 0.147 e. The summed E-state index contributed by atoms with van der Waals surface area (Å²) in [5.74, 6) is 0.751. The highest BCUT2D eigenvalue weighted by atomic mass is 32.2. The Hall–Kier alpha value is -1.55. The van der Waals surface area contributed by atoms with E-state index in [4.69, 9.17) is 0 Å². The average molecular weight is 260 g/mol. The van der Waals surface area contributed by atoms with Crippen LogP contribution < -0.4 is 0 Å². The Labute approximate surface area is 111 Å². The summed E-state index contributed by atoms with van der Waals surface area (Å²) in [6.45, 7) is 2.87. The topological polar surface area (TPSA) is 34.9 Å². The largest absolute Gasteiger partial charge is 0.298 e. The first-order valence-electron chi connectivity index (χ1n) is 5.99. The number of benzene rings is 1. The molecule has 2 aromatic rings. The van der Waals surface area contributed by atoms with E-state index < -0.39 is 0 Å². The van der Waals surface area contributed by atoms with E-state index in [1.807, 2.05) is 48.1 Å². The van der Waals surface area contributed by atoms with Gasteiger partial charge in [0.05, 0.1) is 11.9 Å². The van der Waals surface area contributed by atoms with Crippen molar-refractivity contribution in [2.75, 3.05) is 5.75 Å². The maximum absolute atomic E-state index is 11.8. The quantitative estimate of drug-likeness (QED) is 0.749. The minimum absolute atomic E-state index is 0.236. The summed E-state index contributed by atoms with van der Waals surface area (Å²) in [5, 5.41) is 4.16. The number of carbonyl (C=O) groups excluding carboxylic acids is 1. The predicted octanol–water partition coefficient (Wildman–Crippen LogP) is 2.81. The molecule has 0 N–H and O–H groups in total. The molecular weight excluding hydrogens is 244 g/mol. The third-order valence-corrected chi connectivity index (χ3v) is 3.63. The van der Waals surface area contributed by atoms with Gasteiger partial charge in [-0.15, -0.1) is 11.8 Å². The van der Waals surface area contributed by atoms with E-state index in [9.17, 15) is 4.79 Å². The first kappa shape index (κ1) is 12.9. The van der Waals surface area contributed by atoms with Gasteiger partial charge >= 0.3 is 0 Å². The second-order valence-electron chi connectivity index (χ2n) is 4.02. The highest BCUT2D eigenvalue weighted by molar-refractivity contribution is 8.00. The van der Waals surface area contributed by atoms with Gasteiger partial charge in [0.25, 0.3) is 0 Å². The third-order valence-electron chi connectivity index (χ3n) is 2.56. The van der Waals surface area contributed by atoms with Crippen molar-refractivity contribution in [3.05, 3.63) is 48.3 Å². The number of rotatable bonds is 6. The van der Waals surface area contributed by atoms with Crippen LogP contribution >= 0.6 is 11.8 Å². The van der Waals surface area contributed by atoms with Crippen LogP contribution in [0.4, 0.5) is 0 Å². The van der Waals surface area contributed by atoms with Gasteiger partial charge in [-0.05, 0) is 24.6 Å². The van der Waals surface area contributed by atoms with Crippen LogP contribution in [0.25, 0.3) is 0 Å². The molecule has 1 aromatic carbocycles. The lowest BCUT2D eigenvalue weighted by Gasteiger charge is -2.00. The Kier molecular flexibility index (Phi) is 4.59. The Bertz CT molecular complexity index is 508. The summed E-state index contributed by atoms with van der Waals surface area (Å²) < 4.78 is 1.84. The predicted molar refractivity (Wildman–Crippen MR) is 73.8 cm³/mol. The second-order valence-corrected chi connectivity index (χ2v) is 5.07. The lowest BCUT2D eigenvalue weighted by molar-refractivity contribution is -0.116. The molecule has 4 heteroatoms. The lowest BCUT2D eigenvalue weighted by Crippen LogP contribution is -2.05. The smallest absolute Gasteiger partial charge is 0.147 e. The number of ketones is 1. The van der Waals surface area contributed by atoms with Crippen LogP contribution in [0, 0.1) is 0 Å². The summed E-state index contributed by atoms with van der Waals surface area (Å²) in [7, 11) is 0. The van der Waals surface area contributed by atoms with Crippen LogP contribution in [-0.2, 0) is 17.8 Å². The Morgan fingerprint density at radius 2 is 2.11 bits per heavy atom. The number of thioether (sulfide) groups is 1. The summed E-state index contributed by atoms with van der Waals surface area (Å²) >= 11 is 1.58. The maximum atomic E-state index is 11.8. The van der Waals surface area contributed by atoms with Gasteiger partial charge in [0.1, 0.15) is 5.78 Å². The molecule has 1 aromatic heterocycles. The Balaban J connectivity index is 1.82. The number of aromatic nitrogens is 2. The fourth-order valence-corrected chi connectivity index (χ4v) is 2.41. The minimum Gasteiger partial charge on any atom is -0.298 e. The molecule has 0 aliphatic carbocycles. The molecule has 3 nitrogen and oxygen atoms in total. The summed E-state index contributed by atoms with van der Waals surface area (Å²) in [6, 6.07) is 9.99. The highest BCUT2D eigenvalue weighted by Crippen LogP contribution is 2.17. The number of carbonyl (C=O) groups is 1.